The fourth-order valence-corrected chi connectivity index (χ4v) is 3.51. The van der Waals surface area contributed by atoms with Gasteiger partial charge in [-0.2, -0.15) is 0 Å². The molecule has 0 spiro atoms. The molecular weight excluding hydrogens is 328 g/mol. The van der Waals surface area contributed by atoms with Crippen molar-refractivity contribution < 1.29 is 14.3 Å². The monoisotopic (exact) mass is 352 g/mol. The lowest BCUT2D eigenvalue weighted by molar-refractivity contribution is 0.102. The minimum atomic E-state index is -0.225. The van der Waals surface area contributed by atoms with Crippen LogP contribution in [0.25, 0.3) is 0 Å². The molecule has 2 aliphatic rings. The van der Waals surface area contributed by atoms with Gasteiger partial charge in [0.15, 0.2) is 0 Å². The molecule has 1 amide bonds. The first-order valence-corrected chi connectivity index (χ1v) is 9.35. The van der Waals surface area contributed by atoms with E-state index in [2.05, 4.69) is 10.3 Å². The van der Waals surface area contributed by atoms with Crippen LogP contribution in [0.15, 0.2) is 36.5 Å². The van der Waals surface area contributed by atoms with Crippen LogP contribution in [-0.2, 0) is 0 Å². The Hall–Kier alpha value is -2.56. The van der Waals surface area contributed by atoms with E-state index in [1.54, 1.807) is 19.4 Å². The number of rotatable bonds is 6. The van der Waals surface area contributed by atoms with Gasteiger partial charge in [0.2, 0.25) is 0 Å². The van der Waals surface area contributed by atoms with Gasteiger partial charge in [0.25, 0.3) is 5.91 Å². The maximum atomic E-state index is 12.7. The SMILES string of the molecule is COc1ccc(C2CC2)c(NC(=O)c2cc(OC3CCCC3)ccn2)c1. The third-order valence-electron chi connectivity index (χ3n) is 5.09. The molecule has 1 aromatic carbocycles. The average molecular weight is 352 g/mol. The van der Waals surface area contributed by atoms with Gasteiger partial charge in [0, 0.05) is 24.0 Å². The fraction of sp³-hybridized carbons (Fsp3) is 0.429. The van der Waals surface area contributed by atoms with Gasteiger partial charge >= 0.3 is 0 Å². The van der Waals surface area contributed by atoms with Gasteiger partial charge in [-0.25, -0.2) is 0 Å². The molecule has 0 bridgehead atoms. The number of anilines is 1. The Labute approximate surface area is 153 Å². The van der Waals surface area contributed by atoms with E-state index in [0.29, 0.717) is 17.4 Å². The molecule has 2 aromatic rings. The minimum absolute atomic E-state index is 0.225. The topological polar surface area (TPSA) is 60.5 Å². The number of ether oxygens (including phenoxy) is 2. The van der Waals surface area contributed by atoms with Crippen molar-refractivity contribution in [3.8, 4) is 11.5 Å². The summed E-state index contributed by atoms with van der Waals surface area (Å²) in [4.78, 5) is 16.9. The van der Waals surface area contributed by atoms with E-state index in [4.69, 9.17) is 9.47 Å². The number of methoxy groups -OCH3 is 1. The highest BCUT2D eigenvalue weighted by Crippen LogP contribution is 2.44. The van der Waals surface area contributed by atoms with E-state index in [1.165, 1.54) is 12.8 Å². The molecule has 0 unspecified atom stereocenters. The lowest BCUT2D eigenvalue weighted by Gasteiger charge is -2.14. The molecule has 1 heterocycles. The number of pyridine rings is 1. The molecule has 4 rings (SSSR count). The molecule has 26 heavy (non-hydrogen) atoms. The molecule has 5 heteroatoms. The van der Waals surface area contributed by atoms with Crippen molar-refractivity contribution in [3.63, 3.8) is 0 Å². The summed E-state index contributed by atoms with van der Waals surface area (Å²) in [5.74, 6) is 1.75. The van der Waals surface area contributed by atoms with Crippen LogP contribution >= 0.6 is 0 Å². The van der Waals surface area contributed by atoms with Gasteiger partial charge < -0.3 is 14.8 Å². The van der Waals surface area contributed by atoms with Crippen molar-refractivity contribution in [2.75, 3.05) is 12.4 Å². The molecule has 1 aromatic heterocycles. The summed E-state index contributed by atoms with van der Waals surface area (Å²) in [6, 6.07) is 9.40. The van der Waals surface area contributed by atoms with E-state index < -0.39 is 0 Å². The largest absolute Gasteiger partial charge is 0.497 e. The fourth-order valence-electron chi connectivity index (χ4n) is 3.51. The van der Waals surface area contributed by atoms with Crippen LogP contribution in [0.3, 0.4) is 0 Å². The van der Waals surface area contributed by atoms with E-state index in [-0.39, 0.29) is 12.0 Å². The number of carbonyl (C=O) groups excluding carboxylic acids is 1. The normalized spacial score (nSPS) is 17.1. The predicted octanol–water partition coefficient (Wildman–Crippen LogP) is 4.54. The Balaban J connectivity index is 1.51. The quantitative estimate of drug-likeness (QED) is 0.829. The van der Waals surface area contributed by atoms with Crippen LogP contribution in [0.1, 0.15) is 60.5 Å². The molecule has 0 saturated heterocycles. The van der Waals surface area contributed by atoms with Crippen LogP contribution in [0.5, 0.6) is 11.5 Å². The highest BCUT2D eigenvalue weighted by molar-refractivity contribution is 6.03. The number of benzene rings is 1. The summed E-state index contributed by atoms with van der Waals surface area (Å²) in [5.41, 5.74) is 2.34. The highest BCUT2D eigenvalue weighted by atomic mass is 16.5. The number of aromatic nitrogens is 1. The first kappa shape index (κ1) is 16.9. The molecule has 2 aliphatic carbocycles. The predicted molar refractivity (Wildman–Crippen MR) is 100 cm³/mol. The Kier molecular flexibility index (Phi) is 4.78. The standard InChI is InChI=1S/C21H24N2O3/c1-25-16-8-9-18(14-6-7-14)19(12-16)23-21(24)20-13-17(10-11-22-20)26-15-4-2-3-5-15/h8-15H,2-7H2,1H3,(H,23,24). The first-order chi connectivity index (χ1) is 12.7. The third-order valence-corrected chi connectivity index (χ3v) is 5.09. The molecule has 2 saturated carbocycles. The Morgan fingerprint density at radius 1 is 1.08 bits per heavy atom. The number of amides is 1. The van der Waals surface area contributed by atoms with Crippen molar-refractivity contribution in [2.24, 2.45) is 0 Å². The number of carbonyl (C=O) groups is 1. The summed E-state index contributed by atoms with van der Waals surface area (Å²) < 4.78 is 11.3. The maximum absolute atomic E-state index is 12.7. The van der Waals surface area contributed by atoms with E-state index in [0.717, 1.165) is 42.7 Å². The number of nitrogens with zero attached hydrogens (tertiary/aromatic N) is 1. The molecule has 1 N–H and O–H groups in total. The van der Waals surface area contributed by atoms with E-state index in [9.17, 15) is 4.79 Å². The molecule has 0 radical (unpaired) electrons. The lowest BCUT2D eigenvalue weighted by atomic mass is 10.1. The van der Waals surface area contributed by atoms with Gasteiger partial charge in [-0.1, -0.05) is 6.07 Å². The smallest absolute Gasteiger partial charge is 0.274 e. The van der Waals surface area contributed by atoms with Crippen molar-refractivity contribution in [1.29, 1.82) is 0 Å². The minimum Gasteiger partial charge on any atom is -0.497 e. The van der Waals surface area contributed by atoms with Gasteiger partial charge in [-0.15, -0.1) is 0 Å². The van der Waals surface area contributed by atoms with Gasteiger partial charge in [0.1, 0.15) is 17.2 Å². The molecule has 5 nitrogen and oxygen atoms in total. The molecule has 2 fully saturated rings. The third kappa shape index (κ3) is 3.82. The van der Waals surface area contributed by atoms with Crippen molar-refractivity contribution in [1.82, 2.24) is 4.98 Å². The summed E-state index contributed by atoms with van der Waals surface area (Å²) in [7, 11) is 1.63. The van der Waals surface area contributed by atoms with Crippen molar-refractivity contribution >= 4 is 11.6 Å². The van der Waals surface area contributed by atoms with Gasteiger partial charge in [0.05, 0.1) is 13.2 Å². The molecule has 0 aliphatic heterocycles. The average Bonchev–Trinajstić information content (AvgIpc) is 3.38. The summed E-state index contributed by atoms with van der Waals surface area (Å²) in [6.45, 7) is 0. The summed E-state index contributed by atoms with van der Waals surface area (Å²) in [6.07, 6.45) is 8.80. The lowest BCUT2D eigenvalue weighted by Crippen LogP contribution is -2.16. The highest BCUT2D eigenvalue weighted by Gasteiger charge is 2.27. The zero-order valence-electron chi connectivity index (χ0n) is 15.0. The zero-order valence-corrected chi connectivity index (χ0v) is 15.0. The van der Waals surface area contributed by atoms with Crippen LogP contribution in [0.2, 0.25) is 0 Å². The van der Waals surface area contributed by atoms with Crippen LogP contribution in [0, 0.1) is 0 Å². The van der Waals surface area contributed by atoms with Gasteiger partial charge in [-0.05, 0) is 62.1 Å². The van der Waals surface area contributed by atoms with Crippen molar-refractivity contribution in [2.45, 2.75) is 50.5 Å². The van der Waals surface area contributed by atoms with Gasteiger partial charge in [-0.3, -0.25) is 9.78 Å². The molecule has 0 atom stereocenters. The molecular formula is C21H24N2O3. The van der Waals surface area contributed by atoms with Crippen molar-refractivity contribution in [3.05, 3.63) is 47.8 Å². The van der Waals surface area contributed by atoms with E-state index in [1.807, 2.05) is 24.3 Å². The molecule has 136 valence electrons. The Bertz CT molecular complexity index is 796. The maximum Gasteiger partial charge on any atom is 0.274 e. The zero-order chi connectivity index (χ0) is 17.9. The van der Waals surface area contributed by atoms with Crippen LogP contribution in [0.4, 0.5) is 5.69 Å². The second-order valence-electron chi connectivity index (χ2n) is 7.08. The second kappa shape index (κ2) is 7.36. The second-order valence-corrected chi connectivity index (χ2v) is 7.08. The van der Waals surface area contributed by atoms with Crippen LogP contribution in [-0.4, -0.2) is 24.1 Å². The Morgan fingerprint density at radius 2 is 1.88 bits per heavy atom. The summed E-state index contributed by atoms with van der Waals surface area (Å²) in [5, 5.41) is 3.01. The number of hydrogen-bond acceptors (Lipinski definition) is 4. The number of nitrogens with one attached hydrogen (secondary N) is 1. The number of hydrogen-bond donors (Lipinski definition) is 1. The summed E-state index contributed by atoms with van der Waals surface area (Å²) >= 11 is 0. The first-order valence-electron chi connectivity index (χ1n) is 9.35. The van der Waals surface area contributed by atoms with Crippen LogP contribution < -0.4 is 14.8 Å². The Morgan fingerprint density at radius 3 is 2.62 bits per heavy atom. The van der Waals surface area contributed by atoms with E-state index >= 15 is 0 Å².